The Labute approximate surface area is 160 Å². The Hall–Kier alpha value is -2.21. The number of ether oxygens (including phenoxy) is 1. The fraction of sp³-hybridized carbons (Fsp3) is 0.409. The van der Waals surface area contributed by atoms with Gasteiger partial charge in [0.25, 0.3) is 0 Å². The maximum Gasteiger partial charge on any atom is 0.323 e. The van der Waals surface area contributed by atoms with Gasteiger partial charge >= 0.3 is 5.97 Å². The molecular formula is C22H26N2O3. The molecule has 0 bridgehead atoms. The Morgan fingerprint density at radius 2 is 1.63 bits per heavy atom. The number of rotatable bonds is 7. The summed E-state index contributed by atoms with van der Waals surface area (Å²) >= 11 is 0. The van der Waals surface area contributed by atoms with E-state index in [0.717, 1.165) is 30.4 Å². The van der Waals surface area contributed by atoms with E-state index < -0.39 is 0 Å². The Morgan fingerprint density at radius 1 is 1.00 bits per heavy atom. The fourth-order valence-corrected chi connectivity index (χ4v) is 3.77. The predicted molar refractivity (Wildman–Crippen MR) is 102 cm³/mol. The van der Waals surface area contributed by atoms with Gasteiger partial charge in [-0.25, -0.2) is 0 Å². The quantitative estimate of drug-likeness (QED) is 0.583. The lowest BCUT2D eigenvalue weighted by molar-refractivity contribution is -0.149. The second-order valence-corrected chi connectivity index (χ2v) is 7.57. The van der Waals surface area contributed by atoms with Gasteiger partial charge in [-0.2, -0.15) is 5.48 Å². The van der Waals surface area contributed by atoms with Gasteiger partial charge in [0.05, 0.1) is 12.6 Å². The first-order valence-electron chi connectivity index (χ1n) is 9.60. The number of esters is 1. The highest BCUT2D eigenvalue weighted by molar-refractivity contribution is 5.76. The van der Waals surface area contributed by atoms with E-state index in [2.05, 4.69) is 10.8 Å². The minimum atomic E-state index is -0.233. The van der Waals surface area contributed by atoms with E-state index in [0.29, 0.717) is 19.8 Å². The highest BCUT2D eigenvalue weighted by Gasteiger charge is 2.54. The van der Waals surface area contributed by atoms with Crippen LogP contribution in [0.3, 0.4) is 0 Å². The van der Waals surface area contributed by atoms with Crippen molar-refractivity contribution in [3.8, 4) is 0 Å². The molecule has 142 valence electrons. The van der Waals surface area contributed by atoms with Crippen LogP contribution in [0.15, 0.2) is 60.7 Å². The van der Waals surface area contributed by atoms with E-state index >= 15 is 0 Å². The van der Waals surface area contributed by atoms with E-state index in [4.69, 9.17) is 9.57 Å². The van der Waals surface area contributed by atoms with Crippen molar-refractivity contribution in [2.75, 3.05) is 6.54 Å². The summed E-state index contributed by atoms with van der Waals surface area (Å²) in [6.07, 6.45) is 3.06. The van der Waals surface area contributed by atoms with Crippen LogP contribution >= 0.6 is 0 Å². The van der Waals surface area contributed by atoms with Crippen LogP contribution in [-0.4, -0.2) is 24.6 Å². The Balaban J connectivity index is 1.24. The summed E-state index contributed by atoms with van der Waals surface area (Å²) in [7, 11) is 0. The Kier molecular flexibility index (Phi) is 5.53. The molecule has 27 heavy (non-hydrogen) atoms. The summed E-state index contributed by atoms with van der Waals surface area (Å²) in [6.45, 7) is 1.57. The first-order valence-corrected chi connectivity index (χ1v) is 9.60. The second-order valence-electron chi connectivity index (χ2n) is 7.57. The molecule has 1 aliphatic heterocycles. The predicted octanol–water partition coefficient (Wildman–Crippen LogP) is 2.96. The molecule has 1 heterocycles. The van der Waals surface area contributed by atoms with Crippen LogP contribution in [0.4, 0.5) is 0 Å². The molecule has 1 saturated heterocycles. The zero-order chi connectivity index (χ0) is 18.5. The fourth-order valence-electron chi connectivity index (χ4n) is 3.77. The van der Waals surface area contributed by atoms with E-state index in [1.807, 2.05) is 60.7 Å². The number of hydrogen-bond acceptors (Lipinski definition) is 5. The summed E-state index contributed by atoms with van der Waals surface area (Å²) in [6, 6.07) is 19.9. The topological polar surface area (TPSA) is 59.6 Å². The molecule has 0 radical (unpaired) electrons. The van der Waals surface area contributed by atoms with Crippen molar-refractivity contribution in [3.05, 3.63) is 71.8 Å². The number of nitrogens with one attached hydrogen (secondary N) is 2. The summed E-state index contributed by atoms with van der Waals surface area (Å²) in [5.41, 5.74) is 5.53. The molecule has 5 nitrogen and oxygen atoms in total. The van der Waals surface area contributed by atoms with Crippen LogP contribution < -0.4 is 10.8 Å². The van der Waals surface area contributed by atoms with Crippen molar-refractivity contribution in [2.45, 2.75) is 44.6 Å². The number of hydrogen-bond donors (Lipinski definition) is 2. The van der Waals surface area contributed by atoms with Gasteiger partial charge in [0.15, 0.2) is 0 Å². The average Bonchev–Trinajstić information content (AvgIpc) is 3.49. The summed E-state index contributed by atoms with van der Waals surface area (Å²) in [4.78, 5) is 18.2. The number of hydroxylamine groups is 1. The lowest BCUT2D eigenvalue weighted by atomic mass is 9.85. The molecule has 2 aromatic rings. The first kappa shape index (κ1) is 18.2. The number of carbonyl (C=O) groups is 1. The van der Waals surface area contributed by atoms with Gasteiger partial charge in [0, 0.05) is 6.54 Å². The lowest BCUT2D eigenvalue weighted by Crippen LogP contribution is -2.56. The van der Waals surface area contributed by atoms with Gasteiger partial charge in [0.2, 0.25) is 0 Å². The largest absolute Gasteiger partial charge is 0.460 e. The third kappa shape index (κ3) is 4.56. The van der Waals surface area contributed by atoms with Crippen molar-refractivity contribution >= 4 is 5.97 Å². The molecule has 2 aliphatic rings. The summed E-state index contributed by atoms with van der Waals surface area (Å²) in [5, 5.41) is 3.33. The van der Waals surface area contributed by atoms with Crippen molar-refractivity contribution < 1.29 is 14.4 Å². The van der Waals surface area contributed by atoms with Crippen LogP contribution in [0.2, 0.25) is 0 Å². The zero-order valence-corrected chi connectivity index (χ0v) is 15.4. The molecule has 2 N–H and O–H groups in total. The van der Waals surface area contributed by atoms with Gasteiger partial charge in [-0.05, 0) is 35.8 Å². The van der Waals surface area contributed by atoms with Gasteiger partial charge in [-0.15, -0.1) is 0 Å². The van der Waals surface area contributed by atoms with E-state index in [-0.39, 0.29) is 23.5 Å². The van der Waals surface area contributed by atoms with Crippen molar-refractivity contribution in [3.63, 3.8) is 0 Å². The Morgan fingerprint density at radius 3 is 2.26 bits per heavy atom. The molecular weight excluding hydrogens is 340 g/mol. The highest BCUT2D eigenvalue weighted by atomic mass is 16.6. The van der Waals surface area contributed by atoms with Crippen LogP contribution in [0.1, 0.15) is 30.4 Å². The van der Waals surface area contributed by atoms with Gasteiger partial charge < -0.3 is 10.1 Å². The highest BCUT2D eigenvalue weighted by Crippen LogP contribution is 2.54. The second kappa shape index (κ2) is 8.21. The molecule has 0 aromatic heterocycles. The van der Waals surface area contributed by atoms with Crippen LogP contribution in [0.25, 0.3) is 0 Å². The van der Waals surface area contributed by atoms with Gasteiger partial charge in [-0.3, -0.25) is 9.63 Å². The van der Waals surface area contributed by atoms with Crippen LogP contribution in [-0.2, 0) is 27.6 Å². The molecule has 0 amide bonds. The zero-order valence-electron chi connectivity index (χ0n) is 15.4. The minimum absolute atomic E-state index is 0.151. The third-order valence-electron chi connectivity index (χ3n) is 5.63. The van der Waals surface area contributed by atoms with Crippen molar-refractivity contribution in [2.24, 2.45) is 5.41 Å². The average molecular weight is 366 g/mol. The molecule has 1 aliphatic carbocycles. The van der Waals surface area contributed by atoms with E-state index in [1.54, 1.807) is 0 Å². The van der Waals surface area contributed by atoms with Crippen molar-refractivity contribution in [1.82, 2.24) is 10.8 Å². The molecule has 5 heteroatoms. The standard InChI is InChI=1S/C22H26N2O3/c25-21(26-15-17-7-3-1-4-8-17)19-13-22(11-12-22)20(14-23-19)24-27-16-18-9-5-2-6-10-18/h1-10,19-20,23-24H,11-16H2/t19-,20-/m0/s1. The lowest BCUT2D eigenvalue weighted by Gasteiger charge is -2.36. The molecule has 2 fully saturated rings. The molecule has 2 atom stereocenters. The molecule has 0 unspecified atom stereocenters. The Bertz CT molecular complexity index is 747. The molecule has 4 rings (SSSR count). The van der Waals surface area contributed by atoms with E-state index in [9.17, 15) is 4.79 Å². The van der Waals surface area contributed by atoms with Gasteiger partial charge in [0.1, 0.15) is 12.6 Å². The molecule has 2 aromatic carbocycles. The minimum Gasteiger partial charge on any atom is -0.460 e. The number of benzene rings is 2. The number of carbonyl (C=O) groups excluding carboxylic acids is 1. The van der Waals surface area contributed by atoms with Crippen LogP contribution in [0, 0.1) is 5.41 Å². The summed E-state index contributed by atoms with van der Waals surface area (Å²) < 4.78 is 5.51. The molecule has 1 spiro atoms. The first-order chi connectivity index (χ1) is 13.3. The molecule has 1 saturated carbocycles. The van der Waals surface area contributed by atoms with Crippen molar-refractivity contribution in [1.29, 1.82) is 0 Å². The monoisotopic (exact) mass is 366 g/mol. The van der Waals surface area contributed by atoms with Crippen LogP contribution in [0.5, 0.6) is 0 Å². The third-order valence-corrected chi connectivity index (χ3v) is 5.63. The normalized spacial score (nSPS) is 23.1. The van der Waals surface area contributed by atoms with Gasteiger partial charge in [-0.1, -0.05) is 60.7 Å². The SMILES string of the molecule is O=C(OCc1ccccc1)[C@@H]1CC2(CC2)[C@@H](NOCc2ccccc2)CN1. The number of piperidine rings is 1. The smallest absolute Gasteiger partial charge is 0.323 e. The van der Waals surface area contributed by atoms with E-state index in [1.165, 1.54) is 0 Å². The summed E-state index contributed by atoms with van der Waals surface area (Å²) in [5.74, 6) is -0.159. The maximum atomic E-state index is 12.5. The maximum absolute atomic E-state index is 12.5.